The molecule has 0 fully saturated rings. The predicted molar refractivity (Wildman–Crippen MR) is 102 cm³/mol. The Balaban J connectivity index is 2.17. The Labute approximate surface area is 145 Å². The maximum Gasteiger partial charge on any atom is 0.243 e. The Morgan fingerprint density at radius 2 is 1.79 bits per heavy atom. The summed E-state index contributed by atoms with van der Waals surface area (Å²) in [6.07, 6.45) is 5.35. The number of nitrogens with zero attached hydrogens (tertiary/aromatic N) is 3. The van der Waals surface area contributed by atoms with Crippen molar-refractivity contribution in [1.29, 1.82) is 0 Å². The molecule has 24 heavy (non-hydrogen) atoms. The van der Waals surface area contributed by atoms with Gasteiger partial charge in [0, 0.05) is 11.4 Å². The van der Waals surface area contributed by atoms with E-state index < -0.39 is 0 Å². The van der Waals surface area contributed by atoms with Crippen molar-refractivity contribution in [3.63, 3.8) is 0 Å². The summed E-state index contributed by atoms with van der Waals surface area (Å²) in [5.41, 5.74) is 8.50. The van der Waals surface area contributed by atoms with Crippen molar-refractivity contribution >= 4 is 11.7 Å². The Hall–Kier alpha value is -2.23. The first kappa shape index (κ1) is 18.1. The zero-order valence-electron chi connectivity index (χ0n) is 15.3. The van der Waals surface area contributed by atoms with Crippen LogP contribution in [0.1, 0.15) is 62.5 Å². The number of nitrogens with one attached hydrogen (secondary N) is 1. The monoisotopic (exact) mass is 324 g/mol. The summed E-state index contributed by atoms with van der Waals surface area (Å²) in [5.74, 6) is 0.596. The van der Waals surface area contributed by atoms with Gasteiger partial charge >= 0.3 is 0 Å². The molecule has 2 rings (SSSR count). The second-order valence-electron chi connectivity index (χ2n) is 6.21. The van der Waals surface area contributed by atoms with Crippen molar-refractivity contribution in [2.45, 2.75) is 59.8 Å². The summed E-state index contributed by atoms with van der Waals surface area (Å²) in [6, 6.07) is 10.4. The third kappa shape index (κ3) is 5.44. The van der Waals surface area contributed by atoms with Gasteiger partial charge in [-0.15, -0.1) is 0 Å². The summed E-state index contributed by atoms with van der Waals surface area (Å²) in [6.45, 7) is 8.45. The topological polar surface area (TPSA) is 50.2 Å². The minimum absolute atomic E-state index is 0.596. The van der Waals surface area contributed by atoms with E-state index in [0.29, 0.717) is 5.95 Å². The number of anilines is 1. The first-order chi connectivity index (χ1) is 11.6. The molecule has 4 heteroatoms. The summed E-state index contributed by atoms with van der Waals surface area (Å²) >= 11 is 0. The fraction of sp³-hybridized carbons (Fsp3) is 0.450. The smallest absolute Gasteiger partial charge is 0.243 e. The van der Waals surface area contributed by atoms with Gasteiger partial charge in [-0.25, -0.2) is 15.4 Å². The van der Waals surface area contributed by atoms with Crippen molar-refractivity contribution in [2.24, 2.45) is 5.10 Å². The fourth-order valence-electron chi connectivity index (χ4n) is 2.54. The molecule has 0 spiro atoms. The SMILES string of the molecule is CCCCc1cc(CCC)nc(NN=C(C)c2cccc(C)c2)n1. The van der Waals surface area contributed by atoms with Crippen LogP contribution in [0.15, 0.2) is 35.4 Å². The van der Waals surface area contributed by atoms with Crippen LogP contribution in [0.4, 0.5) is 5.95 Å². The van der Waals surface area contributed by atoms with Crippen LogP contribution in [-0.2, 0) is 12.8 Å². The number of benzene rings is 1. The van der Waals surface area contributed by atoms with E-state index in [4.69, 9.17) is 0 Å². The number of aromatic nitrogens is 2. The maximum absolute atomic E-state index is 4.61. The molecule has 0 radical (unpaired) electrons. The lowest BCUT2D eigenvalue weighted by molar-refractivity contribution is 0.765. The summed E-state index contributed by atoms with van der Waals surface area (Å²) in [5, 5.41) is 4.47. The van der Waals surface area contributed by atoms with Gasteiger partial charge < -0.3 is 0 Å². The fourth-order valence-corrected chi connectivity index (χ4v) is 2.54. The van der Waals surface area contributed by atoms with Crippen LogP contribution < -0.4 is 5.43 Å². The highest BCUT2D eigenvalue weighted by atomic mass is 15.4. The van der Waals surface area contributed by atoms with Crippen molar-refractivity contribution in [3.8, 4) is 0 Å². The average molecular weight is 324 g/mol. The number of unbranched alkanes of at least 4 members (excludes halogenated alkanes) is 1. The van der Waals surface area contributed by atoms with Gasteiger partial charge in [-0.05, 0) is 44.7 Å². The van der Waals surface area contributed by atoms with Gasteiger partial charge in [-0.1, -0.05) is 56.5 Å². The maximum atomic E-state index is 4.61. The summed E-state index contributed by atoms with van der Waals surface area (Å²) < 4.78 is 0. The molecule has 128 valence electrons. The van der Waals surface area contributed by atoms with Crippen molar-refractivity contribution in [3.05, 3.63) is 52.8 Å². The zero-order chi connectivity index (χ0) is 17.4. The van der Waals surface area contributed by atoms with Gasteiger partial charge in [0.25, 0.3) is 0 Å². The second-order valence-corrected chi connectivity index (χ2v) is 6.21. The second kappa shape index (κ2) is 9.16. The minimum Gasteiger partial charge on any atom is -0.245 e. The van der Waals surface area contributed by atoms with E-state index in [2.05, 4.69) is 65.5 Å². The lowest BCUT2D eigenvalue weighted by atomic mass is 10.1. The molecule has 0 aliphatic rings. The minimum atomic E-state index is 0.596. The molecule has 0 atom stereocenters. The van der Waals surface area contributed by atoms with E-state index in [-0.39, 0.29) is 0 Å². The van der Waals surface area contributed by atoms with Crippen molar-refractivity contribution in [2.75, 3.05) is 5.43 Å². The van der Waals surface area contributed by atoms with Crippen LogP contribution in [0, 0.1) is 6.92 Å². The van der Waals surface area contributed by atoms with E-state index in [0.717, 1.165) is 48.3 Å². The highest BCUT2D eigenvalue weighted by Crippen LogP contribution is 2.11. The highest BCUT2D eigenvalue weighted by molar-refractivity contribution is 5.99. The van der Waals surface area contributed by atoms with E-state index in [1.54, 1.807) is 0 Å². The first-order valence-electron chi connectivity index (χ1n) is 8.86. The van der Waals surface area contributed by atoms with E-state index in [1.807, 2.05) is 13.0 Å². The van der Waals surface area contributed by atoms with E-state index in [1.165, 1.54) is 12.0 Å². The molecule has 4 nitrogen and oxygen atoms in total. The van der Waals surface area contributed by atoms with Crippen LogP contribution in [0.5, 0.6) is 0 Å². The highest BCUT2D eigenvalue weighted by Gasteiger charge is 2.05. The van der Waals surface area contributed by atoms with Crippen LogP contribution in [0.25, 0.3) is 0 Å². The molecule has 0 amide bonds. The van der Waals surface area contributed by atoms with Gasteiger partial charge in [0.2, 0.25) is 5.95 Å². The molecule has 0 unspecified atom stereocenters. The average Bonchev–Trinajstić information content (AvgIpc) is 2.58. The van der Waals surface area contributed by atoms with Gasteiger partial charge in [0.15, 0.2) is 0 Å². The Bertz CT molecular complexity index is 692. The third-order valence-electron chi connectivity index (χ3n) is 3.88. The van der Waals surface area contributed by atoms with Crippen LogP contribution in [0.3, 0.4) is 0 Å². The van der Waals surface area contributed by atoms with Gasteiger partial charge in [0.1, 0.15) is 0 Å². The Morgan fingerprint density at radius 1 is 1.04 bits per heavy atom. The number of hydrogen-bond donors (Lipinski definition) is 1. The summed E-state index contributed by atoms with van der Waals surface area (Å²) in [7, 11) is 0. The Morgan fingerprint density at radius 3 is 2.46 bits per heavy atom. The molecule has 0 bridgehead atoms. The molecule has 1 heterocycles. The van der Waals surface area contributed by atoms with Crippen molar-refractivity contribution in [1.82, 2.24) is 9.97 Å². The normalized spacial score (nSPS) is 11.6. The first-order valence-corrected chi connectivity index (χ1v) is 8.86. The van der Waals surface area contributed by atoms with Crippen molar-refractivity contribution < 1.29 is 0 Å². The molecule has 1 aromatic carbocycles. The summed E-state index contributed by atoms with van der Waals surface area (Å²) in [4.78, 5) is 9.19. The lowest BCUT2D eigenvalue weighted by Gasteiger charge is -2.08. The standard InChI is InChI=1S/C20H28N4/c1-5-7-12-19-14-18(9-6-2)21-20(22-19)24-23-16(4)17-11-8-10-15(3)13-17/h8,10-11,13-14H,5-7,9,12H2,1-4H3,(H,21,22,24). The molecular formula is C20H28N4. The number of hydrazone groups is 1. The van der Waals surface area contributed by atoms with Gasteiger partial charge in [-0.2, -0.15) is 5.10 Å². The van der Waals surface area contributed by atoms with Crippen LogP contribution in [-0.4, -0.2) is 15.7 Å². The third-order valence-corrected chi connectivity index (χ3v) is 3.88. The Kier molecular flexibility index (Phi) is 6.91. The predicted octanol–water partition coefficient (Wildman–Crippen LogP) is 4.92. The number of hydrogen-bond acceptors (Lipinski definition) is 4. The number of rotatable bonds is 8. The molecule has 0 saturated carbocycles. The number of aryl methyl sites for hydroxylation is 3. The lowest BCUT2D eigenvalue weighted by Crippen LogP contribution is -2.06. The quantitative estimate of drug-likeness (QED) is 0.554. The van der Waals surface area contributed by atoms with Gasteiger partial charge in [0.05, 0.1) is 5.71 Å². The molecule has 0 aliphatic heterocycles. The van der Waals surface area contributed by atoms with E-state index >= 15 is 0 Å². The van der Waals surface area contributed by atoms with E-state index in [9.17, 15) is 0 Å². The molecule has 1 N–H and O–H groups in total. The molecule has 1 aromatic heterocycles. The molecule has 2 aromatic rings. The van der Waals surface area contributed by atoms with Crippen LogP contribution >= 0.6 is 0 Å². The molecule has 0 saturated heterocycles. The molecule has 0 aliphatic carbocycles. The largest absolute Gasteiger partial charge is 0.245 e. The van der Waals surface area contributed by atoms with Gasteiger partial charge in [-0.3, -0.25) is 0 Å². The van der Waals surface area contributed by atoms with Crippen LogP contribution in [0.2, 0.25) is 0 Å². The molecular weight excluding hydrogens is 296 g/mol. The zero-order valence-corrected chi connectivity index (χ0v) is 15.3.